The van der Waals surface area contributed by atoms with Crippen LogP contribution < -0.4 is 0 Å². The summed E-state index contributed by atoms with van der Waals surface area (Å²) in [6, 6.07) is 9.00. The van der Waals surface area contributed by atoms with Crippen LogP contribution >= 0.6 is 0 Å². The Labute approximate surface area is 86.5 Å². The van der Waals surface area contributed by atoms with Gasteiger partial charge in [-0.05, 0) is 18.4 Å². The normalized spacial score (nSPS) is 13.9. The molecule has 0 bridgehead atoms. The van der Waals surface area contributed by atoms with Crippen LogP contribution in [0.4, 0.5) is 13.2 Å². The van der Waals surface area contributed by atoms with E-state index in [2.05, 4.69) is 0 Å². The van der Waals surface area contributed by atoms with Crippen molar-refractivity contribution >= 4 is 0 Å². The van der Waals surface area contributed by atoms with Crippen LogP contribution in [0.15, 0.2) is 30.3 Å². The van der Waals surface area contributed by atoms with Gasteiger partial charge in [-0.15, -0.1) is 0 Å². The molecule has 1 rings (SSSR count). The molecule has 0 aliphatic heterocycles. The van der Waals surface area contributed by atoms with Crippen molar-refractivity contribution in [3.8, 4) is 0 Å². The highest BCUT2D eigenvalue weighted by atomic mass is 19.4. The number of aliphatic hydroxyl groups excluding tert-OH is 1. The number of hydrogen-bond acceptors (Lipinski definition) is 1. The van der Waals surface area contributed by atoms with Crippen molar-refractivity contribution in [2.24, 2.45) is 0 Å². The minimum absolute atomic E-state index is 0.238. The third kappa shape index (κ3) is 5.42. The minimum atomic E-state index is -4.18. The molecule has 0 fully saturated rings. The van der Waals surface area contributed by atoms with Crippen LogP contribution in [0, 0.1) is 0 Å². The molecule has 1 unspecified atom stereocenters. The van der Waals surface area contributed by atoms with Gasteiger partial charge < -0.3 is 5.11 Å². The fourth-order valence-corrected chi connectivity index (χ4v) is 1.32. The lowest BCUT2D eigenvalue weighted by molar-refractivity contribution is -0.139. The maximum atomic E-state index is 11.8. The van der Waals surface area contributed by atoms with Gasteiger partial charge in [-0.1, -0.05) is 30.3 Å². The number of rotatable bonds is 4. The van der Waals surface area contributed by atoms with Gasteiger partial charge in [0.15, 0.2) is 0 Å². The fourth-order valence-electron chi connectivity index (χ4n) is 1.32. The zero-order chi connectivity index (χ0) is 11.3. The number of alkyl halides is 3. The first kappa shape index (κ1) is 12.0. The molecule has 0 radical (unpaired) electrons. The Balaban J connectivity index is 2.34. The Bertz CT molecular complexity index is 282. The highest BCUT2D eigenvalue weighted by Crippen LogP contribution is 2.23. The van der Waals surface area contributed by atoms with Gasteiger partial charge in [0.25, 0.3) is 0 Å². The van der Waals surface area contributed by atoms with Gasteiger partial charge in [0, 0.05) is 6.42 Å². The Morgan fingerprint density at radius 2 is 1.73 bits per heavy atom. The molecular weight excluding hydrogens is 205 g/mol. The first-order valence-corrected chi connectivity index (χ1v) is 4.76. The van der Waals surface area contributed by atoms with Gasteiger partial charge in [-0.3, -0.25) is 0 Å². The fraction of sp³-hybridized carbons (Fsp3) is 0.455. The zero-order valence-corrected chi connectivity index (χ0v) is 8.17. The first-order valence-electron chi connectivity index (χ1n) is 4.76. The third-order valence-corrected chi connectivity index (χ3v) is 2.08. The monoisotopic (exact) mass is 218 g/mol. The van der Waals surface area contributed by atoms with Crippen molar-refractivity contribution in [1.82, 2.24) is 0 Å². The number of halogens is 3. The molecule has 0 aliphatic rings. The lowest BCUT2D eigenvalue weighted by atomic mass is 10.0. The Morgan fingerprint density at radius 3 is 2.27 bits per heavy atom. The van der Waals surface area contributed by atoms with Crippen LogP contribution in [0.1, 0.15) is 18.4 Å². The topological polar surface area (TPSA) is 20.2 Å². The van der Waals surface area contributed by atoms with Gasteiger partial charge in [-0.25, -0.2) is 0 Å². The summed E-state index contributed by atoms with van der Waals surface area (Å²) >= 11 is 0. The van der Waals surface area contributed by atoms with E-state index in [1.807, 2.05) is 6.07 Å². The molecule has 0 aromatic heterocycles. The average Bonchev–Trinajstić information content (AvgIpc) is 2.15. The van der Waals surface area contributed by atoms with Gasteiger partial charge in [0.1, 0.15) is 0 Å². The van der Waals surface area contributed by atoms with E-state index in [9.17, 15) is 18.3 Å². The van der Waals surface area contributed by atoms with Crippen LogP contribution in [0.3, 0.4) is 0 Å². The summed E-state index contributed by atoms with van der Waals surface area (Å²) in [5.41, 5.74) is 0.854. The number of benzene rings is 1. The van der Waals surface area contributed by atoms with Crippen molar-refractivity contribution in [1.29, 1.82) is 0 Å². The molecule has 0 heterocycles. The molecule has 1 nitrogen and oxygen atoms in total. The van der Waals surface area contributed by atoms with Crippen LogP contribution in [0.5, 0.6) is 0 Å². The first-order chi connectivity index (χ1) is 6.97. The second-order valence-corrected chi connectivity index (χ2v) is 3.50. The van der Waals surface area contributed by atoms with Crippen molar-refractivity contribution in [3.05, 3.63) is 35.9 Å². The third-order valence-electron chi connectivity index (χ3n) is 2.08. The van der Waals surface area contributed by atoms with Crippen molar-refractivity contribution < 1.29 is 18.3 Å². The standard InChI is InChI=1S/C11H13F3O/c12-11(13,14)7-6-10(15)8-9-4-2-1-3-5-9/h1-5,10,15H,6-8H2. The average molecular weight is 218 g/mol. The van der Waals surface area contributed by atoms with Crippen LogP contribution in [-0.4, -0.2) is 17.4 Å². The largest absolute Gasteiger partial charge is 0.393 e. The van der Waals surface area contributed by atoms with E-state index in [-0.39, 0.29) is 12.8 Å². The maximum absolute atomic E-state index is 11.8. The lowest BCUT2D eigenvalue weighted by Gasteiger charge is -2.12. The van der Waals surface area contributed by atoms with Gasteiger partial charge >= 0.3 is 6.18 Å². The summed E-state index contributed by atoms with van der Waals surface area (Å²) in [4.78, 5) is 0. The highest BCUT2D eigenvalue weighted by Gasteiger charge is 2.27. The maximum Gasteiger partial charge on any atom is 0.389 e. The summed E-state index contributed by atoms with van der Waals surface area (Å²) < 4.78 is 35.5. The van der Waals surface area contributed by atoms with Gasteiger partial charge in [0.2, 0.25) is 0 Å². The smallest absolute Gasteiger partial charge is 0.389 e. The highest BCUT2D eigenvalue weighted by molar-refractivity contribution is 5.15. The molecule has 1 atom stereocenters. The van der Waals surface area contributed by atoms with Gasteiger partial charge in [-0.2, -0.15) is 13.2 Å². The summed E-state index contributed by atoms with van der Waals surface area (Å²) in [6.45, 7) is 0. The van der Waals surface area contributed by atoms with E-state index in [0.717, 1.165) is 5.56 Å². The second-order valence-electron chi connectivity index (χ2n) is 3.50. The SMILES string of the molecule is OC(CCC(F)(F)F)Cc1ccccc1. The summed E-state index contributed by atoms with van der Waals surface area (Å²) in [7, 11) is 0. The van der Waals surface area contributed by atoms with E-state index in [4.69, 9.17) is 0 Å². The molecule has 0 saturated carbocycles. The van der Waals surface area contributed by atoms with Gasteiger partial charge in [0.05, 0.1) is 6.10 Å². The summed E-state index contributed by atoms with van der Waals surface area (Å²) in [5, 5.41) is 9.37. The molecule has 4 heteroatoms. The quantitative estimate of drug-likeness (QED) is 0.823. The minimum Gasteiger partial charge on any atom is -0.393 e. The van der Waals surface area contributed by atoms with E-state index in [0.29, 0.717) is 0 Å². The van der Waals surface area contributed by atoms with E-state index < -0.39 is 18.7 Å². The summed E-state index contributed by atoms with van der Waals surface area (Å²) in [5.74, 6) is 0. The second kappa shape index (κ2) is 5.16. The van der Waals surface area contributed by atoms with Crippen molar-refractivity contribution in [2.45, 2.75) is 31.5 Å². The lowest BCUT2D eigenvalue weighted by Crippen LogP contribution is -2.16. The molecule has 1 aromatic carbocycles. The van der Waals surface area contributed by atoms with Crippen molar-refractivity contribution in [3.63, 3.8) is 0 Å². The Morgan fingerprint density at radius 1 is 1.13 bits per heavy atom. The van der Waals surface area contributed by atoms with Crippen molar-refractivity contribution in [2.75, 3.05) is 0 Å². The molecule has 0 spiro atoms. The number of hydrogen-bond donors (Lipinski definition) is 1. The molecule has 0 aliphatic carbocycles. The van der Waals surface area contributed by atoms with E-state index >= 15 is 0 Å². The zero-order valence-electron chi connectivity index (χ0n) is 8.17. The predicted octanol–water partition coefficient (Wildman–Crippen LogP) is 2.93. The Hall–Kier alpha value is -1.03. The molecule has 0 saturated heterocycles. The van der Waals surface area contributed by atoms with Crippen LogP contribution in [-0.2, 0) is 6.42 Å². The molecule has 15 heavy (non-hydrogen) atoms. The molecule has 0 amide bonds. The molecule has 1 aromatic rings. The predicted molar refractivity (Wildman–Crippen MR) is 51.4 cm³/mol. The Kier molecular flexibility index (Phi) is 4.15. The van der Waals surface area contributed by atoms with E-state index in [1.165, 1.54) is 0 Å². The molecule has 1 N–H and O–H groups in total. The summed E-state index contributed by atoms with van der Waals surface area (Å²) in [6.07, 6.45) is -6.00. The van der Waals surface area contributed by atoms with Crippen LogP contribution in [0.25, 0.3) is 0 Å². The number of aliphatic hydroxyl groups is 1. The molecule has 84 valence electrons. The van der Waals surface area contributed by atoms with E-state index in [1.54, 1.807) is 24.3 Å². The molecular formula is C11H13F3O. The van der Waals surface area contributed by atoms with Crippen LogP contribution in [0.2, 0.25) is 0 Å².